The topological polar surface area (TPSA) is 71.2 Å². The highest BCUT2D eigenvalue weighted by Crippen LogP contribution is 2.55. The summed E-state index contributed by atoms with van der Waals surface area (Å²) in [7, 11) is 0. The van der Waals surface area contributed by atoms with Gasteiger partial charge in [-0.25, -0.2) is 0 Å². The van der Waals surface area contributed by atoms with Gasteiger partial charge >= 0.3 is 5.97 Å². The van der Waals surface area contributed by atoms with Crippen LogP contribution < -0.4 is 5.32 Å². The normalized spacial score (nSPS) is 31.7. The molecule has 4 aliphatic rings. The smallest absolute Gasteiger partial charge is 0.311 e. The number of hydrogen-bond acceptors (Lipinski definition) is 3. The van der Waals surface area contributed by atoms with Gasteiger partial charge in [-0.05, 0) is 74.8 Å². The van der Waals surface area contributed by atoms with Crippen molar-refractivity contribution in [2.75, 3.05) is 0 Å². The summed E-state index contributed by atoms with van der Waals surface area (Å²) in [6.45, 7) is 1.68. The molecule has 148 valence electrons. The number of carbonyl (C=O) groups excluding carboxylic acids is 2. The van der Waals surface area contributed by atoms with Crippen LogP contribution in [0.1, 0.15) is 51.0 Å². The summed E-state index contributed by atoms with van der Waals surface area (Å²) in [6, 6.07) is 7.87. The molecule has 5 nitrogen and oxygen atoms in total. The van der Waals surface area contributed by atoms with Gasteiger partial charge in [0, 0.05) is 22.6 Å². The van der Waals surface area contributed by atoms with Crippen LogP contribution in [-0.4, -0.2) is 28.5 Å². The van der Waals surface area contributed by atoms with Gasteiger partial charge in [0.1, 0.15) is 0 Å². The minimum atomic E-state index is -0.759. The third kappa shape index (κ3) is 3.21. The van der Waals surface area contributed by atoms with E-state index in [4.69, 9.17) is 4.74 Å². The Morgan fingerprint density at radius 2 is 1.79 bits per heavy atom. The van der Waals surface area contributed by atoms with E-state index in [2.05, 4.69) is 10.3 Å². The highest BCUT2D eigenvalue weighted by Gasteiger charge is 2.51. The van der Waals surface area contributed by atoms with Crippen molar-refractivity contribution < 1.29 is 14.3 Å². The largest absolute Gasteiger partial charge is 0.452 e. The maximum atomic E-state index is 12.8. The summed E-state index contributed by atoms with van der Waals surface area (Å²) < 4.78 is 5.48. The molecule has 1 heterocycles. The molecule has 5 heteroatoms. The van der Waals surface area contributed by atoms with Gasteiger partial charge in [0.2, 0.25) is 0 Å². The van der Waals surface area contributed by atoms with Crippen LogP contribution in [0.25, 0.3) is 10.9 Å². The first-order valence-electron chi connectivity index (χ1n) is 10.6. The average Bonchev–Trinajstić information content (AvgIpc) is 3.03. The van der Waals surface area contributed by atoms with Crippen molar-refractivity contribution in [3.05, 3.63) is 36.0 Å². The van der Waals surface area contributed by atoms with Crippen molar-refractivity contribution in [3.63, 3.8) is 0 Å². The molecule has 1 atom stereocenters. The zero-order valence-electron chi connectivity index (χ0n) is 16.4. The van der Waals surface area contributed by atoms with Gasteiger partial charge in [-0.2, -0.15) is 0 Å². The summed E-state index contributed by atoms with van der Waals surface area (Å²) in [5, 5.41) is 4.31. The molecule has 4 bridgehead atoms. The molecule has 2 N–H and O–H groups in total. The Labute approximate surface area is 165 Å². The fourth-order valence-corrected chi connectivity index (χ4v) is 6.35. The molecular weight excluding hydrogens is 352 g/mol. The standard InChI is InChI=1S/C23H28N2O3/c1-14(28-21(26)9-18-13-24-20-5-3-2-4-19(18)20)22(27)25-23-10-15-6-16(11-23)8-17(7-15)12-23/h2-5,13-17,24H,6-12H2,1H3,(H,25,27)/t14-,15?,16?,17?,23?/m0/s1. The number of para-hydroxylation sites is 1. The number of esters is 1. The van der Waals surface area contributed by atoms with Crippen molar-refractivity contribution >= 4 is 22.8 Å². The molecule has 0 radical (unpaired) electrons. The minimum Gasteiger partial charge on any atom is -0.452 e. The van der Waals surface area contributed by atoms with Gasteiger partial charge in [0.15, 0.2) is 6.10 Å². The Kier molecular flexibility index (Phi) is 4.22. The first kappa shape index (κ1) is 17.8. The van der Waals surface area contributed by atoms with Crippen LogP contribution in [0, 0.1) is 17.8 Å². The third-order valence-corrected chi connectivity index (χ3v) is 7.11. The number of H-pyrrole nitrogens is 1. The van der Waals surface area contributed by atoms with E-state index in [0.29, 0.717) is 0 Å². The van der Waals surface area contributed by atoms with Crippen molar-refractivity contribution in [1.29, 1.82) is 0 Å². The molecule has 4 aliphatic carbocycles. The number of nitrogens with one attached hydrogen (secondary N) is 2. The lowest BCUT2D eigenvalue weighted by atomic mass is 9.53. The molecule has 4 saturated carbocycles. The number of amides is 1. The highest BCUT2D eigenvalue weighted by atomic mass is 16.5. The van der Waals surface area contributed by atoms with Crippen LogP contribution in [0.4, 0.5) is 0 Å². The van der Waals surface area contributed by atoms with Crippen LogP contribution >= 0.6 is 0 Å². The second-order valence-corrected chi connectivity index (χ2v) is 9.36. The number of aromatic nitrogens is 1. The van der Waals surface area contributed by atoms with Crippen molar-refractivity contribution in [1.82, 2.24) is 10.3 Å². The number of aromatic amines is 1. The fraction of sp³-hybridized carbons (Fsp3) is 0.565. The van der Waals surface area contributed by atoms with Gasteiger partial charge < -0.3 is 15.0 Å². The van der Waals surface area contributed by atoms with Crippen molar-refractivity contribution in [3.8, 4) is 0 Å². The number of ether oxygens (including phenoxy) is 1. The van der Waals surface area contributed by atoms with Gasteiger partial charge in [0.25, 0.3) is 5.91 Å². The van der Waals surface area contributed by atoms with E-state index in [1.54, 1.807) is 6.92 Å². The molecule has 4 fully saturated rings. The number of rotatable bonds is 5. The van der Waals surface area contributed by atoms with Crippen LogP contribution in [0.2, 0.25) is 0 Å². The molecule has 0 aliphatic heterocycles. The first-order valence-corrected chi connectivity index (χ1v) is 10.6. The predicted molar refractivity (Wildman–Crippen MR) is 107 cm³/mol. The number of benzene rings is 1. The molecule has 0 unspecified atom stereocenters. The lowest BCUT2D eigenvalue weighted by Crippen LogP contribution is -2.61. The molecule has 0 saturated heterocycles. The average molecular weight is 380 g/mol. The zero-order valence-corrected chi connectivity index (χ0v) is 16.4. The molecule has 1 aromatic carbocycles. The van der Waals surface area contributed by atoms with Crippen LogP contribution in [0.5, 0.6) is 0 Å². The van der Waals surface area contributed by atoms with E-state index in [0.717, 1.165) is 53.5 Å². The molecule has 1 amide bonds. The summed E-state index contributed by atoms with van der Waals surface area (Å²) in [6.07, 6.45) is 8.55. The molecule has 0 spiro atoms. The van der Waals surface area contributed by atoms with E-state index >= 15 is 0 Å². The summed E-state index contributed by atoms with van der Waals surface area (Å²) in [4.78, 5) is 28.4. The highest BCUT2D eigenvalue weighted by molar-refractivity contribution is 5.88. The van der Waals surface area contributed by atoms with E-state index in [-0.39, 0.29) is 23.8 Å². The van der Waals surface area contributed by atoms with Crippen LogP contribution in [0.3, 0.4) is 0 Å². The second kappa shape index (κ2) is 6.64. The van der Waals surface area contributed by atoms with Gasteiger partial charge in [-0.1, -0.05) is 18.2 Å². The van der Waals surface area contributed by atoms with Crippen molar-refractivity contribution in [2.45, 2.75) is 63.5 Å². The maximum Gasteiger partial charge on any atom is 0.311 e. The van der Waals surface area contributed by atoms with Crippen LogP contribution in [-0.2, 0) is 20.7 Å². The van der Waals surface area contributed by atoms with Gasteiger partial charge in [0.05, 0.1) is 6.42 Å². The Morgan fingerprint density at radius 1 is 1.14 bits per heavy atom. The first-order chi connectivity index (χ1) is 13.5. The van der Waals surface area contributed by atoms with Gasteiger partial charge in [-0.3, -0.25) is 9.59 Å². The summed E-state index contributed by atoms with van der Waals surface area (Å²) in [5.74, 6) is 1.80. The third-order valence-electron chi connectivity index (χ3n) is 7.11. The number of carbonyl (C=O) groups is 2. The van der Waals surface area contributed by atoms with Crippen LogP contribution in [0.15, 0.2) is 30.5 Å². The Balaban J connectivity index is 1.20. The monoisotopic (exact) mass is 380 g/mol. The Hall–Kier alpha value is -2.30. The molecule has 1 aromatic heterocycles. The van der Waals surface area contributed by atoms with E-state index < -0.39 is 6.10 Å². The molecule has 28 heavy (non-hydrogen) atoms. The second-order valence-electron chi connectivity index (χ2n) is 9.36. The lowest BCUT2D eigenvalue weighted by Gasteiger charge is -2.57. The van der Waals surface area contributed by atoms with E-state index in [1.807, 2.05) is 30.5 Å². The number of hydrogen-bond donors (Lipinski definition) is 2. The molecular formula is C23H28N2O3. The zero-order chi connectivity index (χ0) is 19.3. The summed E-state index contributed by atoms with van der Waals surface area (Å²) >= 11 is 0. The molecule has 6 rings (SSSR count). The van der Waals surface area contributed by atoms with E-state index in [9.17, 15) is 9.59 Å². The quantitative estimate of drug-likeness (QED) is 0.777. The van der Waals surface area contributed by atoms with Crippen molar-refractivity contribution in [2.24, 2.45) is 17.8 Å². The minimum absolute atomic E-state index is 0.0522. The Morgan fingerprint density at radius 3 is 2.46 bits per heavy atom. The SMILES string of the molecule is C[C@H](OC(=O)Cc1c[nH]c2ccccc12)C(=O)NC12CC3CC(CC(C3)C1)C2. The maximum absolute atomic E-state index is 12.8. The fourth-order valence-electron chi connectivity index (χ4n) is 6.35. The Bertz CT molecular complexity index is 880. The lowest BCUT2D eigenvalue weighted by molar-refractivity contribution is -0.156. The molecule has 2 aromatic rings. The van der Waals surface area contributed by atoms with E-state index in [1.165, 1.54) is 19.3 Å². The summed E-state index contributed by atoms with van der Waals surface area (Å²) in [5.41, 5.74) is 1.84. The number of fused-ring (bicyclic) bond motifs is 1. The predicted octanol–water partition coefficient (Wildman–Crippen LogP) is 3.73. The van der Waals surface area contributed by atoms with Gasteiger partial charge in [-0.15, -0.1) is 0 Å².